The third kappa shape index (κ3) is 3.25. The number of fused-ring (bicyclic) bond motifs is 1. The summed E-state index contributed by atoms with van der Waals surface area (Å²) in [6, 6.07) is 6.00. The summed E-state index contributed by atoms with van der Waals surface area (Å²) in [5.41, 5.74) is 1.02. The van der Waals surface area contributed by atoms with Crippen LogP contribution in [0.15, 0.2) is 30.6 Å². The normalized spacial score (nSPS) is 19.5. The summed E-state index contributed by atoms with van der Waals surface area (Å²) in [6.45, 7) is 2.85. The van der Waals surface area contributed by atoms with E-state index in [9.17, 15) is 0 Å². The first kappa shape index (κ1) is 15.5. The van der Waals surface area contributed by atoms with Gasteiger partial charge in [-0.1, -0.05) is 11.6 Å². The van der Waals surface area contributed by atoms with Gasteiger partial charge in [0.15, 0.2) is 11.5 Å². The van der Waals surface area contributed by atoms with Crippen molar-refractivity contribution < 1.29 is 9.47 Å². The average Bonchev–Trinajstić information content (AvgIpc) is 3.08. The summed E-state index contributed by atoms with van der Waals surface area (Å²) in [7, 11) is 0. The van der Waals surface area contributed by atoms with E-state index in [2.05, 4.69) is 20.2 Å². The lowest BCUT2D eigenvalue weighted by molar-refractivity contribution is 0.174. The molecule has 1 fully saturated rings. The highest BCUT2D eigenvalue weighted by Gasteiger charge is 2.22. The van der Waals surface area contributed by atoms with Crippen LogP contribution in [0.25, 0.3) is 0 Å². The fraction of sp³-hybridized carbons (Fsp3) is 0.412. The first-order valence-electron chi connectivity index (χ1n) is 8.13. The van der Waals surface area contributed by atoms with Crippen LogP contribution in [0, 0.1) is 0 Å². The molecule has 3 heterocycles. The predicted octanol–water partition coefficient (Wildman–Crippen LogP) is 2.62. The molecule has 0 saturated carbocycles. The van der Waals surface area contributed by atoms with Crippen molar-refractivity contribution in [2.45, 2.75) is 25.4 Å². The highest BCUT2D eigenvalue weighted by atomic mass is 35.5. The fourth-order valence-electron chi connectivity index (χ4n) is 3.13. The van der Waals surface area contributed by atoms with E-state index in [1.54, 1.807) is 12.4 Å². The van der Waals surface area contributed by atoms with Gasteiger partial charge in [-0.05, 0) is 30.5 Å². The molecular weight excluding hydrogens is 328 g/mol. The van der Waals surface area contributed by atoms with Gasteiger partial charge < -0.3 is 19.7 Å². The first-order chi connectivity index (χ1) is 11.8. The van der Waals surface area contributed by atoms with Gasteiger partial charge in [0.25, 0.3) is 0 Å². The lowest BCUT2D eigenvalue weighted by atomic mass is 10.1. The van der Waals surface area contributed by atoms with E-state index >= 15 is 0 Å². The van der Waals surface area contributed by atoms with Gasteiger partial charge >= 0.3 is 0 Å². The van der Waals surface area contributed by atoms with Crippen molar-refractivity contribution in [3.63, 3.8) is 0 Å². The number of hydrogen-bond acceptors (Lipinski definition) is 6. The molecule has 0 spiro atoms. The standard InChI is InChI=1S/C17H19ClN4O2/c18-14-8-16-15(23-11-24-16)7-12(14)9-21-13-3-1-6-22(10-13)17-19-4-2-5-20-17/h2,4-5,7-8,13,21H,1,3,6,9-11H2. The Balaban J connectivity index is 1.39. The van der Waals surface area contributed by atoms with E-state index in [-0.39, 0.29) is 6.79 Å². The van der Waals surface area contributed by atoms with Crippen molar-refractivity contribution in [1.29, 1.82) is 0 Å². The Morgan fingerprint density at radius 3 is 2.83 bits per heavy atom. The number of piperidine rings is 1. The SMILES string of the molecule is Clc1cc2c(cc1CNC1CCCN(c3ncccn3)C1)OCO2. The van der Waals surface area contributed by atoms with Crippen molar-refractivity contribution in [2.75, 3.05) is 24.8 Å². The number of anilines is 1. The van der Waals surface area contributed by atoms with Gasteiger partial charge in [-0.15, -0.1) is 0 Å². The Hall–Kier alpha value is -2.05. The number of benzene rings is 1. The quantitative estimate of drug-likeness (QED) is 0.918. The van der Waals surface area contributed by atoms with Gasteiger partial charge in [-0.2, -0.15) is 0 Å². The molecule has 126 valence electrons. The molecule has 0 bridgehead atoms. The molecule has 2 aliphatic rings. The Bertz CT molecular complexity index is 713. The largest absolute Gasteiger partial charge is 0.454 e. The van der Waals surface area contributed by atoms with E-state index in [1.807, 2.05) is 18.2 Å². The van der Waals surface area contributed by atoms with E-state index in [0.29, 0.717) is 23.4 Å². The number of aromatic nitrogens is 2. The second-order valence-electron chi connectivity index (χ2n) is 6.01. The molecule has 7 heteroatoms. The smallest absolute Gasteiger partial charge is 0.231 e. The van der Waals surface area contributed by atoms with E-state index in [4.69, 9.17) is 21.1 Å². The molecule has 4 rings (SSSR count). The molecule has 1 aromatic carbocycles. The Morgan fingerprint density at radius 1 is 1.21 bits per heavy atom. The Kier molecular flexibility index (Phi) is 4.40. The van der Waals surface area contributed by atoms with Gasteiger partial charge in [0.2, 0.25) is 12.7 Å². The van der Waals surface area contributed by atoms with Gasteiger partial charge in [0.1, 0.15) is 0 Å². The molecule has 1 unspecified atom stereocenters. The highest BCUT2D eigenvalue weighted by Crippen LogP contribution is 2.36. The van der Waals surface area contributed by atoms with Crippen LogP contribution in [0.5, 0.6) is 11.5 Å². The van der Waals surface area contributed by atoms with Crippen molar-refractivity contribution in [2.24, 2.45) is 0 Å². The molecule has 2 aliphatic heterocycles. The van der Waals surface area contributed by atoms with E-state index in [0.717, 1.165) is 43.2 Å². The zero-order chi connectivity index (χ0) is 16.4. The summed E-state index contributed by atoms with van der Waals surface area (Å²) in [5, 5.41) is 4.29. The number of nitrogens with zero attached hydrogens (tertiary/aromatic N) is 3. The zero-order valence-electron chi connectivity index (χ0n) is 13.2. The summed E-state index contributed by atoms with van der Waals surface area (Å²) in [5.74, 6) is 2.28. The van der Waals surface area contributed by atoms with Crippen LogP contribution in [-0.2, 0) is 6.54 Å². The van der Waals surface area contributed by atoms with Crippen LogP contribution in [0.3, 0.4) is 0 Å². The van der Waals surface area contributed by atoms with Crippen LogP contribution >= 0.6 is 11.6 Å². The van der Waals surface area contributed by atoms with Gasteiger partial charge in [-0.25, -0.2) is 9.97 Å². The second kappa shape index (κ2) is 6.83. The minimum atomic E-state index is 0.261. The summed E-state index contributed by atoms with van der Waals surface area (Å²) >= 11 is 6.34. The topological polar surface area (TPSA) is 59.5 Å². The number of hydrogen-bond donors (Lipinski definition) is 1. The molecule has 1 N–H and O–H groups in total. The number of nitrogens with one attached hydrogen (secondary N) is 1. The van der Waals surface area contributed by atoms with Gasteiger partial charge in [-0.3, -0.25) is 0 Å². The first-order valence-corrected chi connectivity index (χ1v) is 8.51. The lowest BCUT2D eigenvalue weighted by Crippen LogP contribution is -2.46. The minimum Gasteiger partial charge on any atom is -0.454 e. The lowest BCUT2D eigenvalue weighted by Gasteiger charge is -2.33. The monoisotopic (exact) mass is 346 g/mol. The summed E-state index contributed by atoms with van der Waals surface area (Å²) in [4.78, 5) is 10.9. The summed E-state index contributed by atoms with van der Waals surface area (Å²) in [6.07, 6.45) is 5.81. The minimum absolute atomic E-state index is 0.261. The van der Waals surface area contributed by atoms with Gasteiger partial charge in [0.05, 0.1) is 0 Å². The van der Waals surface area contributed by atoms with Crippen molar-refractivity contribution in [1.82, 2.24) is 15.3 Å². The van der Waals surface area contributed by atoms with Crippen LogP contribution < -0.4 is 19.7 Å². The average molecular weight is 347 g/mol. The summed E-state index contributed by atoms with van der Waals surface area (Å²) < 4.78 is 10.8. The number of rotatable bonds is 4. The highest BCUT2D eigenvalue weighted by molar-refractivity contribution is 6.31. The van der Waals surface area contributed by atoms with Crippen LogP contribution in [0.2, 0.25) is 5.02 Å². The molecule has 1 saturated heterocycles. The molecule has 0 aliphatic carbocycles. The number of halogens is 1. The molecule has 1 aromatic heterocycles. The molecule has 0 radical (unpaired) electrons. The van der Waals surface area contributed by atoms with Crippen molar-refractivity contribution in [3.05, 3.63) is 41.2 Å². The Morgan fingerprint density at radius 2 is 2.00 bits per heavy atom. The predicted molar refractivity (Wildman–Crippen MR) is 91.7 cm³/mol. The van der Waals surface area contributed by atoms with Crippen molar-refractivity contribution >= 4 is 17.5 Å². The van der Waals surface area contributed by atoms with Gasteiger partial charge in [0, 0.05) is 49.2 Å². The maximum atomic E-state index is 6.34. The van der Waals surface area contributed by atoms with E-state index < -0.39 is 0 Å². The third-order valence-electron chi connectivity index (χ3n) is 4.38. The van der Waals surface area contributed by atoms with E-state index in [1.165, 1.54) is 0 Å². The maximum absolute atomic E-state index is 6.34. The maximum Gasteiger partial charge on any atom is 0.231 e. The van der Waals surface area contributed by atoms with Crippen LogP contribution in [0.4, 0.5) is 5.95 Å². The molecule has 6 nitrogen and oxygen atoms in total. The molecule has 0 amide bonds. The third-order valence-corrected chi connectivity index (χ3v) is 4.73. The zero-order valence-corrected chi connectivity index (χ0v) is 14.0. The van der Waals surface area contributed by atoms with Crippen LogP contribution in [-0.4, -0.2) is 35.9 Å². The molecule has 1 atom stereocenters. The second-order valence-corrected chi connectivity index (χ2v) is 6.42. The van der Waals surface area contributed by atoms with Crippen LogP contribution in [0.1, 0.15) is 18.4 Å². The number of ether oxygens (including phenoxy) is 2. The Labute approximate surface area is 145 Å². The molecule has 24 heavy (non-hydrogen) atoms. The van der Waals surface area contributed by atoms with Crippen molar-refractivity contribution in [3.8, 4) is 11.5 Å². The molecule has 2 aromatic rings. The fourth-order valence-corrected chi connectivity index (χ4v) is 3.35. The molecular formula is C17H19ClN4O2.